The van der Waals surface area contributed by atoms with E-state index in [1.807, 2.05) is 0 Å². The zero-order chi connectivity index (χ0) is 6.04. The van der Waals surface area contributed by atoms with Crippen molar-refractivity contribution >= 4 is 8.41 Å². The van der Waals surface area contributed by atoms with E-state index in [4.69, 9.17) is 0 Å². The molecule has 1 rings (SSSR count). The molecule has 1 fully saturated rings. The molecule has 9 heavy (non-hydrogen) atoms. The summed E-state index contributed by atoms with van der Waals surface area (Å²) in [5.41, 5.74) is 0. The smallest absolute Gasteiger partial charge is 0.0782 e. The van der Waals surface area contributed by atoms with Crippen molar-refractivity contribution in [1.82, 2.24) is 0 Å². The molecule has 0 bridgehead atoms. The number of hydrogen-bond acceptors (Lipinski definition) is 0. The van der Waals surface area contributed by atoms with Gasteiger partial charge in [-0.2, -0.15) is 0 Å². The third-order valence-corrected chi connectivity index (χ3v) is 2.03. The van der Waals surface area contributed by atoms with Gasteiger partial charge in [0, 0.05) is 0 Å². The van der Waals surface area contributed by atoms with Gasteiger partial charge in [0.1, 0.15) is 0 Å². The fourth-order valence-electron chi connectivity index (χ4n) is 1.37. The first kappa shape index (κ1) is 9.02. The van der Waals surface area contributed by atoms with Crippen LogP contribution in [0.1, 0.15) is 19.3 Å². The highest BCUT2D eigenvalue weighted by Crippen LogP contribution is 2.11. The van der Waals surface area contributed by atoms with Gasteiger partial charge in [-0.05, 0) is 19.3 Å². The second-order valence-corrected chi connectivity index (χ2v) is 3.44. The topological polar surface area (TPSA) is 0 Å². The van der Waals surface area contributed by atoms with E-state index >= 15 is 0 Å². The van der Waals surface area contributed by atoms with Crippen LogP contribution in [0.3, 0.4) is 0 Å². The van der Waals surface area contributed by atoms with Gasteiger partial charge < -0.3 is 4.48 Å². The molecule has 0 N–H and O–H groups in total. The summed E-state index contributed by atoms with van der Waals surface area (Å²) in [6.07, 6.45) is 4.34. The largest absolute Gasteiger partial charge is 0.328 e. The molecule has 0 saturated carbocycles. The fourth-order valence-corrected chi connectivity index (χ4v) is 1.37. The predicted molar refractivity (Wildman–Crippen MR) is 47.0 cm³/mol. The molecule has 1 saturated heterocycles. The Labute approximate surface area is 60.2 Å². The summed E-state index contributed by atoms with van der Waals surface area (Å²) in [5.74, 6) is 0. The molecule has 56 valence electrons. The van der Waals surface area contributed by atoms with E-state index in [0.29, 0.717) is 0 Å². The number of rotatable bonds is 0. The van der Waals surface area contributed by atoms with Crippen molar-refractivity contribution in [2.75, 3.05) is 27.2 Å². The van der Waals surface area contributed by atoms with Gasteiger partial charge >= 0.3 is 0 Å². The van der Waals surface area contributed by atoms with Crippen molar-refractivity contribution < 1.29 is 4.48 Å². The minimum Gasteiger partial charge on any atom is -0.328 e. The number of piperidine rings is 1. The van der Waals surface area contributed by atoms with Crippen LogP contribution in [0.25, 0.3) is 0 Å². The van der Waals surface area contributed by atoms with Gasteiger partial charge in [0.2, 0.25) is 0 Å². The van der Waals surface area contributed by atoms with Crippen molar-refractivity contribution in [3.05, 3.63) is 0 Å². The second kappa shape index (κ2) is 3.26. The maximum atomic E-state index is 2.32. The van der Waals surface area contributed by atoms with E-state index in [1.54, 1.807) is 0 Å². The normalized spacial score (nSPS) is 24.7. The average molecular weight is 129 g/mol. The Balaban J connectivity index is 0.000000640. The SMILES string of the molecule is C[N+]1(C)CCCCC1.[BH4-]. The first-order valence-electron chi connectivity index (χ1n) is 3.53. The van der Waals surface area contributed by atoms with Crippen LogP contribution in [-0.4, -0.2) is 40.1 Å². The van der Waals surface area contributed by atoms with Crippen LogP contribution in [-0.2, 0) is 0 Å². The summed E-state index contributed by atoms with van der Waals surface area (Å²) >= 11 is 0. The maximum Gasteiger partial charge on any atom is 0.0782 e. The van der Waals surface area contributed by atoms with E-state index in [2.05, 4.69) is 14.1 Å². The van der Waals surface area contributed by atoms with Gasteiger partial charge in [0.15, 0.2) is 0 Å². The molecule has 1 aliphatic rings. The molecule has 0 atom stereocenters. The molecule has 1 aliphatic heterocycles. The van der Waals surface area contributed by atoms with Crippen LogP contribution in [0.2, 0.25) is 0 Å². The van der Waals surface area contributed by atoms with Crippen LogP contribution in [0.5, 0.6) is 0 Å². The third-order valence-electron chi connectivity index (χ3n) is 2.03. The highest BCUT2D eigenvalue weighted by atomic mass is 15.3. The molecule has 2 heteroatoms. The van der Waals surface area contributed by atoms with Crippen molar-refractivity contribution in [1.29, 1.82) is 0 Å². The minimum absolute atomic E-state index is 0. The Hall–Kier alpha value is 0.0249. The van der Waals surface area contributed by atoms with Gasteiger partial charge in [-0.1, -0.05) is 8.41 Å². The van der Waals surface area contributed by atoms with Gasteiger partial charge in [-0.15, -0.1) is 0 Å². The Bertz CT molecular complexity index is 73.0. The third kappa shape index (κ3) is 2.90. The summed E-state index contributed by atoms with van der Waals surface area (Å²) in [5, 5.41) is 0. The van der Waals surface area contributed by atoms with E-state index < -0.39 is 0 Å². The van der Waals surface area contributed by atoms with Gasteiger partial charge in [0.05, 0.1) is 27.2 Å². The summed E-state index contributed by atoms with van der Waals surface area (Å²) in [4.78, 5) is 0. The standard InChI is InChI=1S/C7H16N.BH4/c1-8(2)6-4-3-5-7-8;/h3-7H2,1-2H3;1H4/q+1;-1. The molecule has 0 aliphatic carbocycles. The molecular formula is C7H20BN. The highest BCUT2D eigenvalue weighted by molar-refractivity contribution is 5.75. The molecule has 0 aromatic rings. The zero-order valence-electron chi connectivity index (χ0n) is 5.98. The molecule has 0 unspecified atom stereocenters. The molecule has 1 nitrogen and oxygen atoms in total. The van der Waals surface area contributed by atoms with E-state index in [1.165, 1.54) is 36.8 Å². The summed E-state index contributed by atoms with van der Waals surface area (Å²) < 4.78 is 1.25. The van der Waals surface area contributed by atoms with Crippen LogP contribution in [0.15, 0.2) is 0 Å². The Morgan fingerprint density at radius 2 is 1.33 bits per heavy atom. The van der Waals surface area contributed by atoms with Gasteiger partial charge in [-0.3, -0.25) is 0 Å². The number of nitrogens with zero attached hydrogens (tertiary/aromatic N) is 1. The first-order valence-corrected chi connectivity index (χ1v) is 3.53. The first-order chi connectivity index (χ1) is 3.71. The van der Waals surface area contributed by atoms with E-state index in [-0.39, 0.29) is 8.41 Å². The lowest BCUT2D eigenvalue weighted by Crippen LogP contribution is -2.43. The van der Waals surface area contributed by atoms with E-state index in [9.17, 15) is 0 Å². The summed E-state index contributed by atoms with van der Waals surface area (Å²) in [6, 6.07) is 0. The quantitative estimate of drug-likeness (QED) is 0.313. The lowest BCUT2D eigenvalue weighted by Gasteiger charge is -2.33. The molecule has 0 radical (unpaired) electrons. The van der Waals surface area contributed by atoms with Crippen molar-refractivity contribution in [3.8, 4) is 0 Å². The van der Waals surface area contributed by atoms with Crippen molar-refractivity contribution in [3.63, 3.8) is 0 Å². The number of quaternary nitrogens is 1. The Morgan fingerprint density at radius 3 is 1.56 bits per heavy atom. The van der Waals surface area contributed by atoms with E-state index in [0.717, 1.165) is 0 Å². The zero-order valence-corrected chi connectivity index (χ0v) is 5.98. The highest BCUT2D eigenvalue weighted by Gasteiger charge is 2.17. The van der Waals surface area contributed by atoms with Crippen molar-refractivity contribution in [2.45, 2.75) is 19.3 Å². The number of hydrogen-bond donors (Lipinski definition) is 0. The van der Waals surface area contributed by atoms with Gasteiger partial charge in [-0.25, -0.2) is 0 Å². The predicted octanol–water partition coefficient (Wildman–Crippen LogP) is -0.205. The minimum atomic E-state index is 0. The second-order valence-electron chi connectivity index (χ2n) is 3.44. The van der Waals surface area contributed by atoms with Crippen LogP contribution < -0.4 is 0 Å². The summed E-state index contributed by atoms with van der Waals surface area (Å²) in [6.45, 7) is 2.78. The van der Waals surface area contributed by atoms with Crippen LogP contribution >= 0.6 is 0 Å². The number of likely N-dealkylation sites (tertiary alicyclic amines) is 1. The van der Waals surface area contributed by atoms with Crippen LogP contribution in [0.4, 0.5) is 0 Å². The molecular weight excluding hydrogens is 109 g/mol. The monoisotopic (exact) mass is 129 g/mol. The Morgan fingerprint density at radius 1 is 0.889 bits per heavy atom. The molecule has 1 heterocycles. The summed E-state index contributed by atoms with van der Waals surface area (Å²) in [7, 11) is 4.64. The fraction of sp³-hybridized carbons (Fsp3) is 1.00. The molecule has 0 spiro atoms. The maximum absolute atomic E-state index is 2.32. The molecule has 0 aromatic carbocycles. The van der Waals surface area contributed by atoms with Crippen LogP contribution in [0, 0.1) is 0 Å². The lowest BCUT2D eigenvalue weighted by molar-refractivity contribution is -0.894. The van der Waals surface area contributed by atoms with Gasteiger partial charge in [0.25, 0.3) is 0 Å². The molecule has 0 amide bonds. The lowest BCUT2D eigenvalue weighted by atomic mass is 10.1. The average Bonchev–Trinajstić information content (AvgIpc) is 1.65. The Kier molecular flexibility index (Phi) is 3.27. The molecule has 0 aromatic heterocycles. The van der Waals surface area contributed by atoms with Crippen molar-refractivity contribution in [2.24, 2.45) is 0 Å².